The molecular weight excluding hydrogens is 240 g/mol. The van der Waals surface area contributed by atoms with E-state index >= 15 is 0 Å². The van der Waals surface area contributed by atoms with Gasteiger partial charge in [0.05, 0.1) is 5.56 Å². The summed E-state index contributed by atoms with van der Waals surface area (Å²) in [4.78, 5) is 28.7. The van der Waals surface area contributed by atoms with Crippen LogP contribution in [0.3, 0.4) is 0 Å². The maximum atomic E-state index is 11.4. The van der Waals surface area contributed by atoms with E-state index in [1.165, 1.54) is 12.4 Å². The average molecular weight is 254 g/mol. The highest BCUT2D eigenvalue weighted by Gasteiger charge is 2.16. The largest absolute Gasteiger partial charge is 0.444 e. The monoisotopic (exact) mass is 254 g/mol. The van der Waals surface area contributed by atoms with Crippen molar-refractivity contribution in [1.82, 2.24) is 9.97 Å². The van der Waals surface area contributed by atoms with Gasteiger partial charge in [-0.2, -0.15) is 0 Å². The number of nitrogens with zero attached hydrogens (tertiary/aromatic N) is 3. The first-order valence-corrected chi connectivity index (χ1v) is 5.19. The SMILES string of the molecule is CC(C)(C)OC(=O)Nc1ncc(C[N+](=O)[O-])cn1. The van der Waals surface area contributed by atoms with Crippen molar-refractivity contribution in [3.05, 3.63) is 28.1 Å². The molecule has 1 amide bonds. The molecular formula is C10H14N4O4. The minimum Gasteiger partial charge on any atom is -0.444 e. The summed E-state index contributed by atoms with van der Waals surface area (Å²) in [5.41, 5.74) is -0.259. The quantitative estimate of drug-likeness (QED) is 0.648. The van der Waals surface area contributed by atoms with Crippen molar-refractivity contribution in [2.24, 2.45) is 0 Å². The van der Waals surface area contributed by atoms with Crippen LogP contribution in [0.25, 0.3) is 0 Å². The highest BCUT2D eigenvalue weighted by atomic mass is 16.6. The van der Waals surface area contributed by atoms with E-state index in [4.69, 9.17) is 4.74 Å². The number of rotatable bonds is 3. The zero-order valence-corrected chi connectivity index (χ0v) is 10.3. The number of carbonyl (C=O) groups is 1. The van der Waals surface area contributed by atoms with Gasteiger partial charge in [-0.05, 0) is 20.8 Å². The standard InChI is InChI=1S/C10H14N4O4/c1-10(2,3)18-9(15)13-8-11-4-7(5-12-8)6-14(16)17/h4-5H,6H2,1-3H3,(H,11,12,13,15). The molecule has 0 atom stereocenters. The third-order valence-electron chi connectivity index (χ3n) is 1.63. The van der Waals surface area contributed by atoms with Crippen LogP contribution in [0.4, 0.5) is 10.7 Å². The molecule has 0 fully saturated rings. The second-order valence-corrected chi connectivity index (χ2v) is 4.53. The Morgan fingerprint density at radius 3 is 2.44 bits per heavy atom. The lowest BCUT2D eigenvalue weighted by atomic mass is 10.2. The molecule has 0 radical (unpaired) electrons. The third-order valence-corrected chi connectivity index (χ3v) is 1.63. The zero-order chi connectivity index (χ0) is 13.8. The van der Waals surface area contributed by atoms with Gasteiger partial charge in [0.25, 0.3) is 0 Å². The van der Waals surface area contributed by atoms with E-state index < -0.39 is 16.6 Å². The molecule has 0 saturated heterocycles. The van der Waals surface area contributed by atoms with Crippen LogP contribution in [-0.2, 0) is 11.3 Å². The first-order valence-electron chi connectivity index (χ1n) is 5.19. The lowest BCUT2D eigenvalue weighted by molar-refractivity contribution is -0.496. The van der Waals surface area contributed by atoms with Crippen molar-refractivity contribution < 1.29 is 14.5 Å². The number of carbonyl (C=O) groups excluding carboxylic acids is 1. The number of nitro groups is 1. The number of aromatic nitrogens is 2. The Bertz CT molecular complexity index is 438. The molecule has 0 unspecified atom stereocenters. The van der Waals surface area contributed by atoms with E-state index in [1.807, 2.05) is 0 Å². The molecule has 0 aliphatic rings. The summed E-state index contributed by atoms with van der Waals surface area (Å²) in [5.74, 6) is 0.0383. The number of hydrogen-bond acceptors (Lipinski definition) is 6. The maximum absolute atomic E-state index is 11.4. The van der Waals surface area contributed by atoms with E-state index in [0.29, 0.717) is 5.56 Å². The maximum Gasteiger partial charge on any atom is 0.414 e. The molecule has 0 spiro atoms. The fourth-order valence-corrected chi connectivity index (χ4v) is 1.04. The molecule has 1 rings (SSSR count). The fraction of sp³-hybridized carbons (Fsp3) is 0.500. The minimum absolute atomic E-state index is 0.0383. The molecule has 0 aliphatic carbocycles. The predicted molar refractivity (Wildman–Crippen MR) is 62.6 cm³/mol. The van der Waals surface area contributed by atoms with Crippen molar-refractivity contribution in [2.45, 2.75) is 32.9 Å². The van der Waals surface area contributed by atoms with E-state index in [-0.39, 0.29) is 12.5 Å². The second kappa shape index (κ2) is 5.39. The Kier molecular flexibility index (Phi) is 4.13. The molecule has 1 heterocycles. The molecule has 1 aromatic rings. The Morgan fingerprint density at radius 1 is 1.44 bits per heavy atom. The molecule has 0 saturated carbocycles. The number of nitrogens with one attached hydrogen (secondary N) is 1. The number of ether oxygens (including phenoxy) is 1. The van der Waals surface area contributed by atoms with Crippen molar-refractivity contribution in [1.29, 1.82) is 0 Å². The van der Waals surface area contributed by atoms with Crippen molar-refractivity contribution in [3.63, 3.8) is 0 Å². The van der Waals surface area contributed by atoms with Crippen LogP contribution < -0.4 is 5.32 Å². The Balaban J connectivity index is 2.58. The third kappa shape index (κ3) is 5.19. The van der Waals surface area contributed by atoms with Gasteiger partial charge in [0, 0.05) is 17.3 Å². The molecule has 0 aromatic carbocycles. The number of anilines is 1. The van der Waals surface area contributed by atoms with Gasteiger partial charge in [-0.15, -0.1) is 0 Å². The van der Waals surface area contributed by atoms with Gasteiger partial charge in [0.15, 0.2) is 0 Å². The summed E-state index contributed by atoms with van der Waals surface area (Å²) in [7, 11) is 0. The van der Waals surface area contributed by atoms with Crippen LogP contribution in [-0.4, -0.2) is 26.6 Å². The minimum atomic E-state index is -0.676. The average Bonchev–Trinajstić information content (AvgIpc) is 2.17. The first kappa shape index (κ1) is 13.8. The van der Waals surface area contributed by atoms with Crippen LogP contribution in [0.2, 0.25) is 0 Å². The Hall–Kier alpha value is -2.25. The van der Waals surface area contributed by atoms with Crippen LogP contribution in [0, 0.1) is 10.1 Å². The van der Waals surface area contributed by atoms with E-state index in [2.05, 4.69) is 15.3 Å². The zero-order valence-electron chi connectivity index (χ0n) is 10.3. The van der Waals surface area contributed by atoms with Gasteiger partial charge in [-0.1, -0.05) is 0 Å². The number of amides is 1. The normalized spacial score (nSPS) is 10.8. The lowest BCUT2D eigenvalue weighted by Crippen LogP contribution is -2.27. The smallest absolute Gasteiger partial charge is 0.414 e. The van der Waals surface area contributed by atoms with E-state index in [0.717, 1.165) is 0 Å². The van der Waals surface area contributed by atoms with Crippen molar-refractivity contribution in [3.8, 4) is 0 Å². The van der Waals surface area contributed by atoms with Crippen LogP contribution >= 0.6 is 0 Å². The highest BCUT2D eigenvalue weighted by molar-refractivity contribution is 5.82. The summed E-state index contributed by atoms with van der Waals surface area (Å²) in [6.07, 6.45) is 1.88. The first-order chi connectivity index (χ1) is 8.26. The molecule has 98 valence electrons. The Morgan fingerprint density at radius 2 is 2.00 bits per heavy atom. The summed E-state index contributed by atoms with van der Waals surface area (Å²) < 4.78 is 5.00. The van der Waals surface area contributed by atoms with Crippen LogP contribution in [0.5, 0.6) is 0 Å². The lowest BCUT2D eigenvalue weighted by Gasteiger charge is -2.19. The summed E-state index contributed by atoms with van der Waals surface area (Å²) >= 11 is 0. The molecule has 0 bridgehead atoms. The summed E-state index contributed by atoms with van der Waals surface area (Å²) in [6, 6.07) is 0. The number of hydrogen-bond donors (Lipinski definition) is 1. The molecule has 18 heavy (non-hydrogen) atoms. The van der Waals surface area contributed by atoms with Gasteiger partial charge in [0.1, 0.15) is 5.60 Å². The topological polar surface area (TPSA) is 107 Å². The van der Waals surface area contributed by atoms with E-state index in [1.54, 1.807) is 20.8 Å². The molecule has 1 N–H and O–H groups in total. The van der Waals surface area contributed by atoms with Gasteiger partial charge in [0.2, 0.25) is 12.5 Å². The molecule has 8 heteroatoms. The predicted octanol–water partition coefficient (Wildman–Crippen LogP) is 1.60. The molecule has 8 nitrogen and oxygen atoms in total. The molecule has 1 aromatic heterocycles. The fourth-order valence-electron chi connectivity index (χ4n) is 1.04. The highest BCUT2D eigenvalue weighted by Crippen LogP contribution is 2.09. The van der Waals surface area contributed by atoms with Crippen LogP contribution in [0.1, 0.15) is 26.3 Å². The second-order valence-electron chi connectivity index (χ2n) is 4.53. The molecule has 0 aliphatic heterocycles. The van der Waals surface area contributed by atoms with Gasteiger partial charge >= 0.3 is 6.09 Å². The van der Waals surface area contributed by atoms with Crippen molar-refractivity contribution >= 4 is 12.0 Å². The van der Waals surface area contributed by atoms with Crippen molar-refractivity contribution in [2.75, 3.05) is 5.32 Å². The van der Waals surface area contributed by atoms with E-state index in [9.17, 15) is 14.9 Å². The van der Waals surface area contributed by atoms with Gasteiger partial charge in [-0.25, -0.2) is 14.8 Å². The van der Waals surface area contributed by atoms with Crippen LogP contribution in [0.15, 0.2) is 12.4 Å². The van der Waals surface area contributed by atoms with Gasteiger partial charge in [-0.3, -0.25) is 15.4 Å². The summed E-state index contributed by atoms with van der Waals surface area (Å²) in [6.45, 7) is 4.83. The van der Waals surface area contributed by atoms with Gasteiger partial charge < -0.3 is 4.74 Å². The summed E-state index contributed by atoms with van der Waals surface area (Å²) in [5, 5.41) is 12.6. The Labute approximate surface area is 104 Å².